The minimum absolute atomic E-state index is 0.0107. The summed E-state index contributed by atoms with van der Waals surface area (Å²) in [5.41, 5.74) is 2.63. The lowest BCUT2D eigenvalue weighted by Gasteiger charge is -2.35. The predicted molar refractivity (Wildman–Crippen MR) is 104 cm³/mol. The third kappa shape index (κ3) is 3.53. The second kappa shape index (κ2) is 7.80. The topological polar surface area (TPSA) is 63.1 Å². The Bertz CT molecular complexity index is 912. The number of nitrogens with zero attached hydrogens (tertiary/aromatic N) is 2. The van der Waals surface area contributed by atoms with Crippen LogP contribution in [0.3, 0.4) is 0 Å². The Hall–Kier alpha value is -2.85. The first-order chi connectivity index (χ1) is 13.3. The van der Waals surface area contributed by atoms with Gasteiger partial charge in [-0.1, -0.05) is 61.0 Å². The highest BCUT2D eigenvalue weighted by molar-refractivity contribution is 5.99. The van der Waals surface area contributed by atoms with E-state index in [1.807, 2.05) is 54.6 Å². The van der Waals surface area contributed by atoms with Gasteiger partial charge in [-0.25, -0.2) is 9.97 Å². The Balaban J connectivity index is 1.77. The Morgan fingerprint density at radius 1 is 0.889 bits per heavy atom. The van der Waals surface area contributed by atoms with Gasteiger partial charge in [0.05, 0.1) is 12.0 Å². The van der Waals surface area contributed by atoms with Crippen LogP contribution in [0.4, 0.5) is 0 Å². The molecule has 4 heteroatoms. The van der Waals surface area contributed by atoms with Crippen LogP contribution in [0.1, 0.15) is 41.1 Å². The standard InChI is InChI=1S/C23H22N2O2/c26-20-13-6-12-18(21(20)22(27)16-8-2-1-3-9-16)17-10-4-5-11-19(17)23-24-14-7-15-25-23/h1-5,7-11,14-15,18,20-21,26H,6,12-13H2/t18-,20+,21-/m0/s1. The van der Waals surface area contributed by atoms with Crippen LogP contribution in [0, 0.1) is 5.92 Å². The van der Waals surface area contributed by atoms with Crippen molar-refractivity contribution in [1.82, 2.24) is 9.97 Å². The zero-order valence-electron chi connectivity index (χ0n) is 15.0. The second-order valence-electron chi connectivity index (χ2n) is 7.02. The fourth-order valence-electron chi connectivity index (χ4n) is 4.14. The van der Waals surface area contributed by atoms with Crippen LogP contribution in [-0.4, -0.2) is 27.0 Å². The van der Waals surface area contributed by atoms with Gasteiger partial charge in [0.25, 0.3) is 0 Å². The minimum Gasteiger partial charge on any atom is -0.392 e. The molecule has 2 aromatic carbocycles. The van der Waals surface area contributed by atoms with Crippen LogP contribution < -0.4 is 0 Å². The summed E-state index contributed by atoms with van der Waals surface area (Å²) in [5, 5.41) is 10.7. The quantitative estimate of drug-likeness (QED) is 0.708. The lowest BCUT2D eigenvalue weighted by Crippen LogP contribution is -2.37. The van der Waals surface area contributed by atoms with Gasteiger partial charge in [-0.05, 0) is 30.4 Å². The van der Waals surface area contributed by atoms with Crippen LogP contribution >= 0.6 is 0 Å². The van der Waals surface area contributed by atoms with E-state index in [0.29, 0.717) is 17.8 Å². The monoisotopic (exact) mass is 358 g/mol. The molecule has 4 rings (SSSR count). The van der Waals surface area contributed by atoms with Gasteiger partial charge >= 0.3 is 0 Å². The summed E-state index contributed by atoms with van der Waals surface area (Å²) in [4.78, 5) is 22.0. The molecule has 1 aromatic heterocycles. The molecule has 1 N–H and O–H groups in total. The van der Waals surface area contributed by atoms with Crippen molar-refractivity contribution in [3.05, 3.63) is 84.2 Å². The van der Waals surface area contributed by atoms with E-state index >= 15 is 0 Å². The summed E-state index contributed by atoms with van der Waals surface area (Å²) < 4.78 is 0. The molecule has 4 nitrogen and oxygen atoms in total. The lowest BCUT2D eigenvalue weighted by molar-refractivity contribution is 0.0446. The van der Waals surface area contributed by atoms with Crippen LogP contribution in [0.5, 0.6) is 0 Å². The highest BCUT2D eigenvalue weighted by Gasteiger charge is 2.39. The van der Waals surface area contributed by atoms with Crippen molar-refractivity contribution in [3.8, 4) is 11.4 Å². The number of aliphatic hydroxyl groups excluding tert-OH is 1. The van der Waals surface area contributed by atoms with Gasteiger partial charge in [0.15, 0.2) is 11.6 Å². The van der Waals surface area contributed by atoms with Gasteiger partial charge in [0, 0.05) is 23.5 Å². The average Bonchev–Trinajstić information content (AvgIpc) is 2.74. The lowest BCUT2D eigenvalue weighted by atomic mass is 9.70. The molecule has 0 amide bonds. The molecular weight excluding hydrogens is 336 g/mol. The van der Waals surface area contributed by atoms with Crippen LogP contribution in [0.25, 0.3) is 11.4 Å². The molecule has 0 unspecified atom stereocenters. The van der Waals surface area contributed by atoms with Crippen molar-refractivity contribution in [3.63, 3.8) is 0 Å². The first-order valence-electron chi connectivity index (χ1n) is 9.39. The highest BCUT2D eigenvalue weighted by Crippen LogP contribution is 2.42. The number of rotatable bonds is 4. The average molecular weight is 358 g/mol. The van der Waals surface area contributed by atoms with Crippen molar-refractivity contribution >= 4 is 5.78 Å². The van der Waals surface area contributed by atoms with Crippen molar-refractivity contribution in [2.45, 2.75) is 31.3 Å². The Morgan fingerprint density at radius 2 is 1.59 bits per heavy atom. The van der Waals surface area contributed by atoms with E-state index in [-0.39, 0.29) is 11.7 Å². The van der Waals surface area contributed by atoms with Crippen molar-refractivity contribution in [1.29, 1.82) is 0 Å². The number of aromatic nitrogens is 2. The third-order valence-corrected chi connectivity index (χ3v) is 5.39. The molecule has 0 aliphatic heterocycles. The molecule has 0 saturated heterocycles. The van der Waals surface area contributed by atoms with Gasteiger partial charge in [0.1, 0.15) is 0 Å². The molecule has 27 heavy (non-hydrogen) atoms. The molecule has 1 fully saturated rings. The molecular formula is C23H22N2O2. The first kappa shape index (κ1) is 17.6. The van der Waals surface area contributed by atoms with Crippen molar-refractivity contribution in [2.24, 2.45) is 5.92 Å². The van der Waals surface area contributed by atoms with E-state index in [1.54, 1.807) is 18.5 Å². The Morgan fingerprint density at radius 3 is 2.37 bits per heavy atom. The van der Waals surface area contributed by atoms with E-state index in [0.717, 1.165) is 24.0 Å². The molecule has 1 aliphatic carbocycles. The number of hydrogen-bond donors (Lipinski definition) is 1. The van der Waals surface area contributed by atoms with Crippen LogP contribution in [0.15, 0.2) is 73.1 Å². The zero-order valence-corrected chi connectivity index (χ0v) is 15.0. The summed E-state index contributed by atoms with van der Waals surface area (Å²) in [5.74, 6) is 0.156. The molecule has 3 aromatic rings. The van der Waals surface area contributed by atoms with Gasteiger partial charge in [0.2, 0.25) is 0 Å². The normalized spacial score (nSPS) is 22.3. The summed E-state index contributed by atoms with van der Waals surface area (Å²) >= 11 is 0. The highest BCUT2D eigenvalue weighted by atomic mass is 16.3. The molecule has 1 heterocycles. The number of hydrogen-bond acceptors (Lipinski definition) is 4. The zero-order chi connectivity index (χ0) is 18.6. The molecule has 0 bridgehead atoms. The van der Waals surface area contributed by atoms with E-state index in [2.05, 4.69) is 9.97 Å². The third-order valence-electron chi connectivity index (χ3n) is 5.39. The molecule has 0 radical (unpaired) electrons. The number of carbonyl (C=O) groups excluding carboxylic acids is 1. The van der Waals surface area contributed by atoms with E-state index in [4.69, 9.17) is 0 Å². The van der Waals surface area contributed by atoms with Gasteiger partial charge in [-0.3, -0.25) is 4.79 Å². The molecule has 1 saturated carbocycles. The number of ketones is 1. The van der Waals surface area contributed by atoms with Gasteiger partial charge in [-0.2, -0.15) is 0 Å². The van der Waals surface area contributed by atoms with E-state index in [1.165, 1.54) is 0 Å². The first-order valence-corrected chi connectivity index (χ1v) is 9.39. The maximum atomic E-state index is 13.3. The summed E-state index contributed by atoms with van der Waals surface area (Å²) in [7, 11) is 0. The van der Waals surface area contributed by atoms with E-state index in [9.17, 15) is 9.90 Å². The smallest absolute Gasteiger partial charge is 0.169 e. The SMILES string of the molecule is O=C(c1ccccc1)[C@@H]1[C@H](O)CCC[C@H]1c1ccccc1-c1ncccn1. The predicted octanol–water partition coefficient (Wildman–Crippen LogP) is 4.27. The van der Waals surface area contributed by atoms with Gasteiger partial charge < -0.3 is 5.11 Å². The van der Waals surface area contributed by atoms with Crippen LogP contribution in [-0.2, 0) is 0 Å². The Kier molecular flexibility index (Phi) is 5.07. The summed E-state index contributed by atoms with van der Waals surface area (Å²) in [6.07, 6.45) is 5.23. The van der Waals surface area contributed by atoms with Crippen molar-refractivity contribution in [2.75, 3.05) is 0 Å². The number of benzene rings is 2. The maximum absolute atomic E-state index is 13.3. The molecule has 1 aliphatic rings. The second-order valence-corrected chi connectivity index (χ2v) is 7.02. The van der Waals surface area contributed by atoms with Crippen LogP contribution in [0.2, 0.25) is 0 Å². The largest absolute Gasteiger partial charge is 0.392 e. The van der Waals surface area contributed by atoms with E-state index < -0.39 is 12.0 Å². The summed E-state index contributed by atoms with van der Waals surface area (Å²) in [6, 6.07) is 19.0. The van der Waals surface area contributed by atoms with Gasteiger partial charge in [-0.15, -0.1) is 0 Å². The molecule has 3 atom stereocenters. The number of aliphatic hydroxyl groups is 1. The maximum Gasteiger partial charge on any atom is 0.169 e. The summed E-state index contributed by atoms with van der Waals surface area (Å²) in [6.45, 7) is 0. The number of Topliss-reactive ketones (excluding diaryl/α,β-unsaturated/α-hetero) is 1. The fraction of sp³-hybridized carbons (Fsp3) is 0.261. The Labute approximate surface area is 158 Å². The molecule has 136 valence electrons. The molecule has 0 spiro atoms. The fourth-order valence-corrected chi connectivity index (χ4v) is 4.14. The minimum atomic E-state index is -0.638. The van der Waals surface area contributed by atoms with Crippen molar-refractivity contribution < 1.29 is 9.90 Å². The number of carbonyl (C=O) groups is 1.